The van der Waals surface area contributed by atoms with Gasteiger partial charge in [0.1, 0.15) is 6.61 Å². The zero-order valence-electron chi connectivity index (χ0n) is 13.3. The van der Waals surface area contributed by atoms with Gasteiger partial charge >= 0.3 is 0 Å². The van der Waals surface area contributed by atoms with Gasteiger partial charge in [-0.3, -0.25) is 5.10 Å². The zero-order valence-corrected chi connectivity index (χ0v) is 14.1. The van der Waals surface area contributed by atoms with Gasteiger partial charge in [0, 0.05) is 5.75 Å². The number of hydrogen-bond acceptors (Lipinski definition) is 6. The molecular weight excluding hydrogens is 334 g/mol. The molecule has 0 bridgehead atoms. The quantitative estimate of drug-likeness (QED) is 0.423. The smallest absolute Gasteiger partial charge is 0.246 e. The molecule has 1 N–H and O–H groups in total. The van der Waals surface area contributed by atoms with Crippen molar-refractivity contribution >= 4 is 22.9 Å². The number of aromatic amines is 1. The molecule has 25 heavy (non-hydrogen) atoms. The molecule has 2 aromatic carbocycles. The summed E-state index contributed by atoms with van der Waals surface area (Å²) in [6.45, 7) is 0.425. The molecule has 0 amide bonds. The van der Waals surface area contributed by atoms with Crippen molar-refractivity contribution in [3.05, 3.63) is 71.8 Å². The van der Waals surface area contributed by atoms with Gasteiger partial charge in [-0.2, -0.15) is 9.97 Å². The van der Waals surface area contributed by atoms with E-state index in [2.05, 4.69) is 37.5 Å². The first-order chi connectivity index (χ1) is 12.4. The summed E-state index contributed by atoms with van der Waals surface area (Å²) in [6, 6.07) is 20.1. The number of thioether (sulfide) groups is 1. The summed E-state index contributed by atoms with van der Waals surface area (Å²) in [5.41, 5.74) is 3.40. The summed E-state index contributed by atoms with van der Waals surface area (Å²) in [5, 5.41) is 11.2. The molecule has 6 nitrogen and oxygen atoms in total. The van der Waals surface area contributed by atoms with Crippen LogP contribution in [0.3, 0.4) is 0 Å². The van der Waals surface area contributed by atoms with Crippen LogP contribution in [0, 0.1) is 0 Å². The van der Waals surface area contributed by atoms with E-state index >= 15 is 0 Å². The number of benzene rings is 2. The number of nitrogens with one attached hydrogen (secondary N) is 1. The van der Waals surface area contributed by atoms with Crippen molar-refractivity contribution in [2.75, 3.05) is 0 Å². The van der Waals surface area contributed by atoms with E-state index in [0.717, 1.165) is 11.3 Å². The van der Waals surface area contributed by atoms with Gasteiger partial charge in [0.25, 0.3) is 0 Å². The van der Waals surface area contributed by atoms with Crippen LogP contribution in [-0.4, -0.2) is 25.4 Å². The van der Waals surface area contributed by atoms with Gasteiger partial charge in [0.2, 0.25) is 11.5 Å². The third-order valence-corrected chi connectivity index (χ3v) is 4.49. The van der Waals surface area contributed by atoms with Crippen LogP contribution in [0.25, 0.3) is 11.2 Å². The lowest BCUT2D eigenvalue weighted by Crippen LogP contribution is -2.00. The molecule has 0 unspecified atom stereocenters. The predicted octanol–water partition coefficient (Wildman–Crippen LogP) is 3.62. The van der Waals surface area contributed by atoms with Gasteiger partial charge in [0.15, 0.2) is 10.7 Å². The molecular formula is C18H15N5OS. The number of H-pyrrole nitrogens is 1. The fourth-order valence-corrected chi connectivity index (χ4v) is 3.11. The van der Waals surface area contributed by atoms with E-state index in [1.54, 1.807) is 11.8 Å². The third kappa shape index (κ3) is 3.77. The minimum atomic E-state index is 0.425. The minimum Gasteiger partial charge on any atom is -0.471 e. The molecule has 0 atom stereocenters. The van der Waals surface area contributed by atoms with Crippen LogP contribution in [0.15, 0.2) is 65.8 Å². The normalized spacial score (nSPS) is 10.9. The molecule has 0 spiro atoms. The monoisotopic (exact) mass is 349 g/mol. The fraction of sp³-hybridized carbons (Fsp3) is 0.111. The molecule has 124 valence electrons. The maximum atomic E-state index is 5.88. The first-order valence-electron chi connectivity index (χ1n) is 7.81. The Hall–Kier alpha value is -2.93. The molecule has 2 aromatic heterocycles. The predicted molar refractivity (Wildman–Crippen MR) is 96.3 cm³/mol. The molecule has 0 aliphatic carbocycles. The van der Waals surface area contributed by atoms with E-state index in [-0.39, 0.29) is 0 Å². The van der Waals surface area contributed by atoms with Crippen LogP contribution in [0.1, 0.15) is 11.1 Å². The Morgan fingerprint density at radius 2 is 1.60 bits per heavy atom. The van der Waals surface area contributed by atoms with Crippen LogP contribution < -0.4 is 4.74 Å². The number of ether oxygens (including phenoxy) is 1. The molecule has 0 fully saturated rings. The molecule has 0 saturated heterocycles. The lowest BCUT2D eigenvalue weighted by molar-refractivity contribution is 0.294. The van der Waals surface area contributed by atoms with Crippen molar-refractivity contribution in [1.82, 2.24) is 25.4 Å². The van der Waals surface area contributed by atoms with Gasteiger partial charge in [0.05, 0.1) is 0 Å². The molecule has 0 aliphatic heterocycles. The van der Waals surface area contributed by atoms with Gasteiger partial charge in [-0.25, -0.2) is 0 Å². The van der Waals surface area contributed by atoms with E-state index in [1.807, 2.05) is 48.5 Å². The average Bonchev–Trinajstić information content (AvgIpc) is 3.15. The topological polar surface area (TPSA) is 76.6 Å². The maximum absolute atomic E-state index is 5.88. The highest BCUT2D eigenvalue weighted by molar-refractivity contribution is 7.98. The number of hydrogen-bond donors (Lipinski definition) is 1. The molecule has 4 aromatic rings. The van der Waals surface area contributed by atoms with E-state index in [0.29, 0.717) is 28.8 Å². The Kier molecular flexibility index (Phi) is 4.56. The first kappa shape index (κ1) is 15.6. The first-order valence-corrected chi connectivity index (χ1v) is 8.79. The lowest BCUT2D eigenvalue weighted by atomic mass is 10.2. The molecule has 0 radical (unpaired) electrons. The molecule has 4 rings (SSSR count). The fourth-order valence-electron chi connectivity index (χ4n) is 2.32. The van der Waals surface area contributed by atoms with Crippen LogP contribution in [-0.2, 0) is 12.4 Å². The summed E-state index contributed by atoms with van der Waals surface area (Å²) in [5.74, 6) is 1.25. The molecule has 0 saturated carbocycles. The highest BCUT2D eigenvalue weighted by Crippen LogP contribution is 2.26. The second-order valence-corrected chi connectivity index (χ2v) is 6.31. The van der Waals surface area contributed by atoms with Crippen LogP contribution in [0.4, 0.5) is 0 Å². The highest BCUT2D eigenvalue weighted by atomic mass is 32.2. The third-order valence-electron chi connectivity index (χ3n) is 3.57. The number of fused-ring (bicyclic) bond motifs is 1. The molecule has 7 heteroatoms. The number of rotatable bonds is 6. The minimum absolute atomic E-state index is 0.425. The Balaban J connectivity index is 1.54. The Morgan fingerprint density at radius 1 is 0.880 bits per heavy atom. The van der Waals surface area contributed by atoms with E-state index in [9.17, 15) is 0 Å². The second kappa shape index (κ2) is 7.31. The summed E-state index contributed by atoms with van der Waals surface area (Å²) in [4.78, 5) is 8.95. The van der Waals surface area contributed by atoms with Crippen LogP contribution in [0.5, 0.6) is 5.88 Å². The zero-order chi connectivity index (χ0) is 16.9. The average molecular weight is 349 g/mol. The lowest BCUT2D eigenvalue weighted by Gasteiger charge is -2.07. The van der Waals surface area contributed by atoms with Crippen molar-refractivity contribution in [2.24, 2.45) is 0 Å². The summed E-state index contributed by atoms with van der Waals surface area (Å²) < 4.78 is 5.88. The summed E-state index contributed by atoms with van der Waals surface area (Å²) in [7, 11) is 0. The second-order valence-electron chi connectivity index (χ2n) is 5.37. The van der Waals surface area contributed by atoms with Crippen molar-refractivity contribution in [3.63, 3.8) is 0 Å². The van der Waals surface area contributed by atoms with Gasteiger partial charge in [-0.05, 0) is 11.1 Å². The summed E-state index contributed by atoms with van der Waals surface area (Å²) >= 11 is 1.54. The van der Waals surface area contributed by atoms with Crippen molar-refractivity contribution in [2.45, 2.75) is 17.5 Å². The largest absolute Gasteiger partial charge is 0.471 e. The Bertz CT molecular complexity index is 959. The Labute approximate surface area is 148 Å². The van der Waals surface area contributed by atoms with Crippen LogP contribution in [0.2, 0.25) is 0 Å². The van der Waals surface area contributed by atoms with Gasteiger partial charge < -0.3 is 4.74 Å². The number of nitrogens with zero attached hydrogens (tertiary/aromatic N) is 4. The van der Waals surface area contributed by atoms with Crippen molar-refractivity contribution in [1.29, 1.82) is 0 Å². The summed E-state index contributed by atoms with van der Waals surface area (Å²) in [6.07, 6.45) is 0. The van der Waals surface area contributed by atoms with Crippen LogP contribution >= 0.6 is 11.8 Å². The molecule has 0 aliphatic rings. The highest BCUT2D eigenvalue weighted by Gasteiger charge is 2.13. The van der Waals surface area contributed by atoms with E-state index in [4.69, 9.17) is 4.74 Å². The van der Waals surface area contributed by atoms with Crippen molar-refractivity contribution in [3.8, 4) is 5.88 Å². The van der Waals surface area contributed by atoms with Gasteiger partial charge in [-0.1, -0.05) is 77.6 Å². The standard InChI is InChI=1S/C18H15N5OS/c1-3-7-13(8-4-1)11-24-17-15-16(22-23-21-15)19-18(20-17)25-12-14-9-5-2-6-10-14/h1-10H,11-12H2,(H,19,20,21,22,23). The number of aromatic nitrogens is 5. The SMILES string of the molecule is c1ccc(COc2nc(SCc3ccccc3)nc3nn[nH]c23)cc1. The maximum Gasteiger partial charge on any atom is 0.246 e. The van der Waals surface area contributed by atoms with Crippen molar-refractivity contribution < 1.29 is 4.74 Å². The van der Waals surface area contributed by atoms with E-state index in [1.165, 1.54) is 5.56 Å². The molecule has 2 heterocycles. The Morgan fingerprint density at radius 3 is 2.36 bits per heavy atom. The van der Waals surface area contributed by atoms with E-state index < -0.39 is 0 Å². The van der Waals surface area contributed by atoms with Gasteiger partial charge in [-0.15, -0.1) is 5.10 Å².